The maximum absolute atomic E-state index is 2.42. The van der Waals surface area contributed by atoms with Gasteiger partial charge in [0.1, 0.15) is 0 Å². The Hall–Kier alpha value is -5.96. The number of hydrogen-bond donors (Lipinski definition) is 0. The van der Waals surface area contributed by atoms with Crippen LogP contribution in [0.1, 0.15) is 25.0 Å². The summed E-state index contributed by atoms with van der Waals surface area (Å²) < 4.78 is 2.66. The van der Waals surface area contributed by atoms with Gasteiger partial charge in [-0.2, -0.15) is 0 Å². The summed E-state index contributed by atoms with van der Waals surface area (Å²) in [5.41, 5.74) is 13.6. The molecule has 1 aliphatic rings. The first-order chi connectivity index (χ1) is 25.0. The van der Waals surface area contributed by atoms with Crippen LogP contribution in [0.2, 0.25) is 0 Å². The molecule has 0 bridgehead atoms. The van der Waals surface area contributed by atoms with Crippen molar-refractivity contribution < 1.29 is 0 Å². The second-order valence-electron chi connectivity index (χ2n) is 14.2. The third kappa shape index (κ3) is 4.90. The second kappa shape index (κ2) is 11.6. The van der Waals surface area contributed by atoms with Gasteiger partial charge in [0.2, 0.25) is 0 Å². The molecule has 0 N–H and O–H groups in total. The first-order valence-corrected chi connectivity index (χ1v) is 18.5. The molecule has 0 aliphatic heterocycles. The normalized spacial score (nSPS) is 13.1. The van der Waals surface area contributed by atoms with Gasteiger partial charge in [-0.05, 0) is 110 Å². The molecule has 1 nitrogen and oxygen atoms in total. The van der Waals surface area contributed by atoms with Crippen molar-refractivity contribution in [3.05, 3.63) is 187 Å². The van der Waals surface area contributed by atoms with Crippen molar-refractivity contribution in [2.24, 2.45) is 0 Å². The SMILES string of the molecule is CC1(C)c2ccccc2-c2ccc(N(c3ccc(-c4ccc5c(c4)sc4ccccc45)cc3)c3cccc(-c4ccc5ccccc5c4)c3)cc21. The lowest BCUT2D eigenvalue weighted by atomic mass is 9.82. The van der Waals surface area contributed by atoms with Crippen LogP contribution < -0.4 is 4.90 Å². The molecule has 1 heterocycles. The van der Waals surface area contributed by atoms with Gasteiger partial charge in [0, 0.05) is 42.6 Å². The third-order valence-electron chi connectivity index (χ3n) is 10.9. The van der Waals surface area contributed by atoms with E-state index in [9.17, 15) is 0 Å². The fourth-order valence-electron chi connectivity index (χ4n) is 8.18. The van der Waals surface area contributed by atoms with Gasteiger partial charge in [0.05, 0.1) is 0 Å². The molecule has 0 spiro atoms. The molecular formula is C49H35NS. The quantitative estimate of drug-likeness (QED) is 0.176. The van der Waals surface area contributed by atoms with E-state index < -0.39 is 0 Å². The van der Waals surface area contributed by atoms with Gasteiger partial charge in [-0.3, -0.25) is 0 Å². The largest absolute Gasteiger partial charge is 0.310 e. The van der Waals surface area contributed by atoms with E-state index in [4.69, 9.17) is 0 Å². The standard InChI is InChI=1S/C49H35NS/c1-49(2)45-16-7-5-14-41(45)42-27-25-40(31-46(42)49)50(39-13-9-12-35(29-39)36-19-18-32-10-3-4-11-34(32)28-36)38-23-20-33(21-24-38)37-22-26-44-43-15-6-8-17-47(43)51-48(44)30-37/h3-31H,1-2H3. The van der Waals surface area contributed by atoms with Crippen LogP contribution >= 0.6 is 11.3 Å². The molecule has 1 aliphatic carbocycles. The van der Waals surface area contributed by atoms with Crippen molar-refractivity contribution in [2.45, 2.75) is 19.3 Å². The summed E-state index contributed by atoms with van der Waals surface area (Å²) >= 11 is 1.87. The van der Waals surface area contributed by atoms with E-state index in [2.05, 4.69) is 195 Å². The summed E-state index contributed by atoms with van der Waals surface area (Å²) in [5, 5.41) is 5.17. The van der Waals surface area contributed by atoms with Crippen molar-refractivity contribution in [3.63, 3.8) is 0 Å². The fourth-order valence-corrected chi connectivity index (χ4v) is 9.33. The van der Waals surface area contributed by atoms with Crippen LogP contribution in [0.3, 0.4) is 0 Å². The maximum atomic E-state index is 2.42. The minimum Gasteiger partial charge on any atom is -0.310 e. The summed E-state index contributed by atoms with van der Waals surface area (Å²) in [4.78, 5) is 2.42. The molecule has 0 fully saturated rings. The molecule has 8 aromatic carbocycles. The third-order valence-corrected chi connectivity index (χ3v) is 12.0. The van der Waals surface area contributed by atoms with Crippen molar-refractivity contribution in [3.8, 4) is 33.4 Å². The van der Waals surface area contributed by atoms with Gasteiger partial charge in [0.25, 0.3) is 0 Å². The number of anilines is 3. The number of hydrogen-bond acceptors (Lipinski definition) is 2. The van der Waals surface area contributed by atoms with Crippen LogP contribution in [0.15, 0.2) is 176 Å². The number of nitrogens with zero attached hydrogens (tertiary/aromatic N) is 1. The zero-order valence-electron chi connectivity index (χ0n) is 28.6. The van der Waals surface area contributed by atoms with Crippen LogP contribution in [0.5, 0.6) is 0 Å². The lowest BCUT2D eigenvalue weighted by Gasteiger charge is -2.28. The van der Waals surface area contributed by atoms with Gasteiger partial charge in [0.15, 0.2) is 0 Å². The first kappa shape index (κ1) is 29.9. The monoisotopic (exact) mass is 669 g/mol. The van der Waals surface area contributed by atoms with E-state index in [0.717, 1.165) is 17.1 Å². The van der Waals surface area contributed by atoms with Crippen LogP contribution in [0.4, 0.5) is 17.1 Å². The number of thiophene rings is 1. The highest BCUT2D eigenvalue weighted by Crippen LogP contribution is 2.51. The van der Waals surface area contributed by atoms with E-state index in [1.807, 2.05) is 11.3 Å². The molecular weight excluding hydrogens is 635 g/mol. The van der Waals surface area contributed by atoms with Gasteiger partial charge < -0.3 is 4.90 Å². The Labute approximate surface area is 302 Å². The Bertz CT molecular complexity index is 2780. The van der Waals surface area contributed by atoms with Crippen LogP contribution in [-0.4, -0.2) is 0 Å². The molecule has 242 valence electrons. The smallest absolute Gasteiger partial charge is 0.0467 e. The lowest BCUT2D eigenvalue weighted by molar-refractivity contribution is 0.660. The van der Waals surface area contributed by atoms with E-state index in [1.165, 1.54) is 75.5 Å². The van der Waals surface area contributed by atoms with Gasteiger partial charge in [-0.25, -0.2) is 0 Å². The van der Waals surface area contributed by atoms with Crippen molar-refractivity contribution in [1.82, 2.24) is 0 Å². The summed E-state index contributed by atoms with van der Waals surface area (Å²) in [7, 11) is 0. The topological polar surface area (TPSA) is 3.24 Å². The molecule has 2 heteroatoms. The first-order valence-electron chi connectivity index (χ1n) is 17.7. The van der Waals surface area contributed by atoms with Crippen LogP contribution in [-0.2, 0) is 5.41 Å². The Morgan fingerprint density at radius 3 is 1.94 bits per heavy atom. The highest BCUT2D eigenvalue weighted by Gasteiger charge is 2.35. The summed E-state index contributed by atoms with van der Waals surface area (Å²) in [6, 6.07) is 65.0. The predicted molar refractivity (Wildman–Crippen MR) is 220 cm³/mol. The Morgan fingerprint density at radius 1 is 0.392 bits per heavy atom. The predicted octanol–water partition coefficient (Wildman–Crippen LogP) is 14.3. The molecule has 0 atom stereocenters. The molecule has 51 heavy (non-hydrogen) atoms. The zero-order chi connectivity index (χ0) is 34.1. The Balaban J connectivity index is 1.09. The van der Waals surface area contributed by atoms with Crippen molar-refractivity contribution >= 4 is 59.3 Å². The summed E-state index contributed by atoms with van der Waals surface area (Å²) in [6.07, 6.45) is 0. The molecule has 0 saturated carbocycles. The van der Waals surface area contributed by atoms with Gasteiger partial charge >= 0.3 is 0 Å². The highest BCUT2D eigenvalue weighted by atomic mass is 32.1. The zero-order valence-corrected chi connectivity index (χ0v) is 29.4. The van der Waals surface area contributed by atoms with Crippen molar-refractivity contribution in [2.75, 3.05) is 4.90 Å². The molecule has 1 aromatic heterocycles. The minimum absolute atomic E-state index is 0.0877. The van der Waals surface area contributed by atoms with E-state index in [-0.39, 0.29) is 5.41 Å². The number of fused-ring (bicyclic) bond motifs is 7. The molecule has 0 saturated heterocycles. The average molecular weight is 670 g/mol. The molecule has 0 amide bonds. The molecule has 0 radical (unpaired) electrons. The van der Waals surface area contributed by atoms with Crippen LogP contribution in [0, 0.1) is 0 Å². The summed E-state index contributed by atoms with van der Waals surface area (Å²) in [6.45, 7) is 4.71. The van der Waals surface area contributed by atoms with Gasteiger partial charge in [-0.1, -0.05) is 135 Å². The lowest BCUT2D eigenvalue weighted by Crippen LogP contribution is -2.16. The Kier molecular flexibility index (Phi) is 6.78. The molecule has 9 aromatic rings. The Morgan fingerprint density at radius 2 is 1.04 bits per heavy atom. The van der Waals surface area contributed by atoms with Crippen molar-refractivity contribution in [1.29, 1.82) is 0 Å². The highest BCUT2D eigenvalue weighted by molar-refractivity contribution is 7.25. The van der Waals surface area contributed by atoms with E-state index in [1.54, 1.807) is 0 Å². The fraction of sp³-hybridized carbons (Fsp3) is 0.0612. The number of rotatable bonds is 5. The van der Waals surface area contributed by atoms with E-state index >= 15 is 0 Å². The van der Waals surface area contributed by atoms with Crippen LogP contribution in [0.25, 0.3) is 64.3 Å². The second-order valence-corrected chi connectivity index (χ2v) is 15.3. The maximum Gasteiger partial charge on any atom is 0.0467 e. The number of benzene rings is 8. The molecule has 10 rings (SSSR count). The summed E-state index contributed by atoms with van der Waals surface area (Å²) in [5.74, 6) is 0. The van der Waals surface area contributed by atoms with Gasteiger partial charge in [-0.15, -0.1) is 11.3 Å². The average Bonchev–Trinajstić information content (AvgIpc) is 3.66. The van der Waals surface area contributed by atoms with E-state index in [0.29, 0.717) is 0 Å². The molecule has 0 unspecified atom stereocenters. The minimum atomic E-state index is -0.0877.